The molecule has 2 aliphatic rings. The van der Waals surface area contributed by atoms with Crippen LogP contribution in [0.2, 0.25) is 0 Å². The highest BCUT2D eigenvalue weighted by molar-refractivity contribution is 5.92. The molecule has 1 aliphatic carbocycles. The first-order valence-corrected chi connectivity index (χ1v) is 7.88. The van der Waals surface area contributed by atoms with Gasteiger partial charge in [0.2, 0.25) is 5.91 Å². The lowest BCUT2D eigenvalue weighted by Crippen LogP contribution is -2.58. The van der Waals surface area contributed by atoms with Crippen LogP contribution in [-0.4, -0.2) is 33.7 Å². The highest BCUT2D eigenvalue weighted by Gasteiger charge is 2.35. The standard InChI is InChI=1S/C16H22N4O2/c1-20-13(9-10-17-20)16(22)18-12-7-8-14(21)19-15(12)11-5-3-2-4-6-11/h2-3,9-12,15H,4-8H2,1H3,(H,18,22)(H,19,21)/t11?,12-,15+/m1/s1. The van der Waals surface area contributed by atoms with Gasteiger partial charge in [-0.25, -0.2) is 0 Å². The summed E-state index contributed by atoms with van der Waals surface area (Å²) in [6.45, 7) is 0. The van der Waals surface area contributed by atoms with Crippen LogP contribution in [0.1, 0.15) is 42.6 Å². The van der Waals surface area contributed by atoms with E-state index in [-0.39, 0.29) is 23.9 Å². The molecule has 1 aliphatic heterocycles. The molecular formula is C16H22N4O2. The molecule has 0 spiro atoms. The number of hydrogen-bond donors (Lipinski definition) is 2. The van der Waals surface area contributed by atoms with Gasteiger partial charge in [0.25, 0.3) is 5.91 Å². The maximum absolute atomic E-state index is 12.4. The number of hydrogen-bond acceptors (Lipinski definition) is 3. The Hall–Kier alpha value is -2.11. The van der Waals surface area contributed by atoms with Crippen LogP contribution in [-0.2, 0) is 11.8 Å². The zero-order valence-corrected chi connectivity index (χ0v) is 12.8. The van der Waals surface area contributed by atoms with E-state index in [1.807, 2.05) is 0 Å². The Morgan fingerprint density at radius 3 is 2.95 bits per heavy atom. The number of amides is 2. The minimum atomic E-state index is -0.127. The van der Waals surface area contributed by atoms with Crippen LogP contribution in [0.15, 0.2) is 24.4 Å². The summed E-state index contributed by atoms with van der Waals surface area (Å²) in [7, 11) is 1.75. The smallest absolute Gasteiger partial charge is 0.269 e. The summed E-state index contributed by atoms with van der Waals surface area (Å²) in [5.41, 5.74) is 0.541. The Bertz CT molecular complexity index is 593. The number of allylic oxidation sites excluding steroid dienone is 2. The molecule has 118 valence electrons. The van der Waals surface area contributed by atoms with Gasteiger partial charge in [-0.05, 0) is 37.7 Å². The normalized spacial score (nSPS) is 28.2. The largest absolute Gasteiger partial charge is 0.351 e. The van der Waals surface area contributed by atoms with Gasteiger partial charge in [0.15, 0.2) is 0 Å². The van der Waals surface area contributed by atoms with Crippen molar-refractivity contribution in [3.63, 3.8) is 0 Å². The minimum absolute atomic E-state index is 0.0170. The first kappa shape index (κ1) is 14.8. The van der Waals surface area contributed by atoms with Crippen LogP contribution in [0.5, 0.6) is 0 Å². The molecule has 0 radical (unpaired) electrons. The van der Waals surface area contributed by atoms with Crippen LogP contribution in [0.4, 0.5) is 0 Å². The molecule has 0 saturated carbocycles. The molecule has 1 aromatic rings. The monoisotopic (exact) mass is 302 g/mol. The van der Waals surface area contributed by atoms with Gasteiger partial charge in [-0.3, -0.25) is 14.3 Å². The number of piperidine rings is 1. The summed E-state index contributed by atoms with van der Waals surface area (Å²) in [6.07, 6.45) is 10.2. The number of aryl methyl sites for hydroxylation is 1. The number of rotatable bonds is 3. The van der Waals surface area contributed by atoms with Gasteiger partial charge in [-0.2, -0.15) is 5.10 Å². The molecule has 3 rings (SSSR count). The lowest BCUT2D eigenvalue weighted by Gasteiger charge is -2.38. The maximum Gasteiger partial charge on any atom is 0.269 e. The number of carbonyl (C=O) groups is 2. The summed E-state index contributed by atoms with van der Waals surface area (Å²) in [6, 6.07) is 1.70. The topological polar surface area (TPSA) is 76.0 Å². The molecule has 1 fully saturated rings. The van der Waals surface area contributed by atoms with Crippen LogP contribution in [0, 0.1) is 5.92 Å². The van der Waals surface area contributed by atoms with Gasteiger partial charge in [0.05, 0.1) is 12.1 Å². The van der Waals surface area contributed by atoms with E-state index in [2.05, 4.69) is 27.9 Å². The molecular weight excluding hydrogens is 280 g/mol. The molecule has 3 atom stereocenters. The van der Waals surface area contributed by atoms with Crippen LogP contribution < -0.4 is 10.6 Å². The Kier molecular flexibility index (Phi) is 4.27. The van der Waals surface area contributed by atoms with E-state index in [1.165, 1.54) is 0 Å². The first-order valence-electron chi connectivity index (χ1n) is 7.88. The fraction of sp³-hybridized carbons (Fsp3) is 0.562. The van der Waals surface area contributed by atoms with E-state index < -0.39 is 0 Å². The highest BCUT2D eigenvalue weighted by Crippen LogP contribution is 2.27. The van der Waals surface area contributed by atoms with Crippen molar-refractivity contribution in [2.75, 3.05) is 0 Å². The summed E-state index contributed by atoms with van der Waals surface area (Å²) >= 11 is 0. The van der Waals surface area contributed by atoms with Crippen molar-refractivity contribution in [2.45, 2.75) is 44.2 Å². The van der Waals surface area contributed by atoms with Crippen molar-refractivity contribution in [2.24, 2.45) is 13.0 Å². The molecule has 2 amide bonds. The van der Waals surface area contributed by atoms with E-state index in [0.717, 1.165) is 19.3 Å². The predicted octanol–water partition coefficient (Wildman–Crippen LogP) is 1.15. The van der Waals surface area contributed by atoms with E-state index in [1.54, 1.807) is 24.0 Å². The van der Waals surface area contributed by atoms with Crippen LogP contribution in [0.25, 0.3) is 0 Å². The molecule has 22 heavy (non-hydrogen) atoms. The number of carbonyl (C=O) groups excluding carboxylic acids is 2. The number of nitrogens with one attached hydrogen (secondary N) is 2. The average molecular weight is 302 g/mol. The Balaban J connectivity index is 1.72. The number of aromatic nitrogens is 2. The van der Waals surface area contributed by atoms with E-state index in [9.17, 15) is 9.59 Å². The molecule has 6 heteroatoms. The fourth-order valence-electron chi connectivity index (χ4n) is 3.42. The van der Waals surface area contributed by atoms with Crippen molar-refractivity contribution < 1.29 is 9.59 Å². The third-order valence-corrected chi connectivity index (χ3v) is 4.63. The molecule has 1 aromatic heterocycles. The molecule has 6 nitrogen and oxygen atoms in total. The second-order valence-corrected chi connectivity index (χ2v) is 6.10. The van der Waals surface area contributed by atoms with E-state index in [4.69, 9.17) is 0 Å². The van der Waals surface area contributed by atoms with Gasteiger partial charge in [0, 0.05) is 19.7 Å². The first-order chi connectivity index (χ1) is 10.6. The zero-order chi connectivity index (χ0) is 15.5. The second-order valence-electron chi connectivity index (χ2n) is 6.10. The lowest BCUT2D eigenvalue weighted by molar-refractivity contribution is -0.124. The summed E-state index contributed by atoms with van der Waals surface area (Å²) < 4.78 is 1.56. The average Bonchev–Trinajstić information content (AvgIpc) is 2.96. The zero-order valence-electron chi connectivity index (χ0n) is 12.8. The van der Waals surface area contributed by atoms with Crippen molar-refractivity contribution >= 4 is 11.8 Å². The van der Waals surface area contributed by atoms with Gasteiger partial charge in [-0.1, -0.05) is 12.2 Å². The third-order valence-electron chi connectivity index (χ3n) is 4.63. The number of nitrogens with zero attached hydrogens (tertiary/aromatic N) is 2. The van der Waals surface area contributed by atoms with E-state index >= 15 is 0 Å². The van der Waals surface area contributed by atoms with Crippen molar-refractivity contribution in [1.82, 2.24) is 20.4 Å². The molecule has 2 N–H and O–H groups in total. The van der Waals surface area contributed by atoms with Crippen molar-refractivity contribution in [3.05, 3.63) is 30.1 Å². The fourth-order valence-corrected chi connectivity index (χ4v) is 3.42. The van der Waals surface area contributed by atoms with Gasteiger partial charge in [0.1, 0.15) is 5.69 Å². The lowest BCUT2D eigenvalue weighted by atomic mass is 9.81. The Morgan fingerprint density at radius 2 is 2.27 bits per heavy atom. The third kappa shape index (κ3) is 3.05. The van der Waals surface area contributed by atoms with Gasteiger partial charge < -0.3 is 10.6 Å². The summed E-state index contributed by atoms with van der Waals surface area (Å²) in [5, 5.41) is 10.2. The van der Waals surface area contributed by atoms with Crippen LogP contribution in [0.3, 0.4) is 0 Å². The molecule has 1 saturated heterocycles. The second kappa shape index (κ2) is 6.34. The summed E-state index contributed by atoms with van der Waals surface area (Å²) in [4.78, 5) is 24.2. The Labute approximate surface area is 130 Å². The summed E-state index contributed by atoms with van der Waals surface area (Å²) in [5.74, 6) is 0.356. The van der Waals surface area contributed by atoms with Crippen LogP contribution >= 0.6 is 0 Å². The van der Waals surface area contributed by atoms with Crippen molar-refractivity contribution in [1.29, 1.82) is 0 Å². The van der Waals surface area contributed by atoms with Gasteiger partial charge in [-0.15, -0.1) is 0 Å². The SMILES string of the molecule is Cn1nccc1C(=O)N[C@@H]1CCC(=O)N[C@H]1C1CC=CCC1. The van der Waals surface area contributed by atoms with Crippen molar-refractivity contribution in [3.8, 4) is 0 Å². The maximum atomic E-state index is 12.4. The minimum Gasteiger partial charge on any atom is -0.351 e. The Morgan fingerprint density at radius 1 is 1.41 bits per heavy atom. The molecule has 0 aromatic carbocycles. The quantitative estimate of drug-likeness (QED) is 0.823. The highest BCUT2D eigenvalue weighted by atomic mass is 16.2. The predicted molar refractivity (Wildman–Crippen MR) is 82.1 cm³/mol. The van der Waals surface area contributed by atoms with E-state index in [0.29, 0.717) is 24.5 Å². The van der Waals surface area contributed by atoms with Gasteiger partial charge >= 0.3 is 0 Å². The molecule has 2 heterocycles. The molecule has 1 unspecified atom stereocenters. The molecule has 0 bridgehead atoms.